The van der Waals surface area contributed by atoms with Gasteiger partial charge in [-0.3, -0.25) is 4.90 Å². The van der Waals surface area contributed by atoms with Crippen LogP contribution in [0, 0.1) is 6.92 Å². The molecule has 3 aromatic carbocycles. The van der Waals surface area contributed by atoms with Crippen molar-refractivity contribution in [2.45, 2.75) is 44.5 Å². The van der Waals surface area contributed by atoms with Crippen molar-refractivity contribution < 1.29 is 5.11 Å². The second kappa shape index (κ2) is 12.0. The lowest BCUT2D eigenvalue weighted by Crippen LogP contribution is -2.49. The van der Waals surface area contributed by atoms with Crippen LogP contribution >= 0.6 is 23.2 Å². The molecule has 1 saturated heterocycles. The molecule has 0 saturated carbocycles. The highest BCUT2D eigenvalue weighted by atomic mass is 35.5. The van der Waals surface area contributed by atoms with Crippen LogP contribution in [0.1, 0.15) is 29.5 Å². The van der Waals surface area contributed by atoms with Crippen LogP contribution in [-0.2, 0) is 18.7 Å². The summed E-state index contributed by atoms with van der Waals surface area (Å²) in [6, 6.07) is 22.7. The van der Waals surface area contributed by atoms with Gasteiger partial charge in [-0.2, -0.15) is 5.10 Å². The summed E-state index contributed by atoms with van der Waals surface area (Å²) in [5.41, 5.74) is 4.63. The Balaban J connectivity index is 1.21. The SMILES string of the molecule is Cc1c(CN2CCC(NCC(O)(Cn3cncn3)c3ccc(Cl)cc3Cl)CC2)cccc1-c1ccccc1. The third kappa shape index (κ3) is 6.28. The molecule has 5 rings (SSSR count). The number of benzene rings is 3. The summed E-state index contributed by atoms with van der Waals surface area (Å²) in [4.78, 5) is 6.54. The molecule has 1 aromatic heterocycles. The van der Waals surface area contributed by atoms with E-state index < -0.39 is 5.60 Å². The van der Waals surface area contributed by atoms with Crippen LogP contribution < -0.4 is 5.32 Å². The van der Waals surface area contributed by atoms with Gasteiger partial charge in [0, 0.05) is 34.7 Å². The van der Waals surface area contributed by atoms with Crippen molar-refractivity contribution in [3.05, 3.63) is 106 Å². The summed E-state index contributed by atoms with van der Waals surface area (Å²) >= 11 is 12.6. The van der Waals surface area contributed by atoms with Crippen LogP contribution in [0.3, 0.4) is 0 Å². The lowest BCUT2D eigenvalue weighted by molar-refractivity contribution is 0.0105. The lowest BCUT2D eigenvalue weighted by atomic mass is 9.92. The number of rotatable bonds is 9. The molecule has 2 N–H and O–H groups in total. The van der Waals surface area contributed by atoms with E-state index in [2.05, 4.69) is 75.8 Å². The number of aromatic nitrogens is 3. The number of likely N-dealkylation sites (tertiary alicyclic amines) is 1. The van der Waals surface area contributed by atoms with E-state index in [4.69, 9.17) is 23.2 Å². The van der Waals surface area contributed by atoms with Gasteiger partial charge >= 0.3 is 0 Å². The number of nitrogens with zero attached hydrogens (tertiary/aromatic N) is 4. The van der Waals surface area contributed by atoms with Gasteiger partial charge in [-0.1, -0.05) is 77.8 Å². The highest BCUT2D eigenvalue weighted by Gasteiger charge is 2.34. The summed E-state index contributed by atoms with van der Waals surface area (Å²) in [5.74, 6) is 0. The largest absolute Gasteiger partial charge is 0.382 e. The Bertz CT molecular complexity index is 1340. The number of nitrogens with one attached hydrogen (secondary N) is 1. The van der Waals surface area contributed by atoms with E-state index in [9.17, 15) is 5.11 Å². The Morgan fingerprint density at radius 3 is 2.53 bits per heavy atom. The van der Waals surface area contributed by atoms with E-state index in [0.717, 1.165) is 32.5 Å². The molecule has 1 aliphatic heterocycles. The summed E-state index contributed by atoms with van der Waals surface area (Å²) < 4.78 is 1.63. The molecule has 198 valence electrons. The molecule has 8 heteroatoms. The minimum absolute atomic E-state index is 0.233. The first-order valence-corrected chi connectivity index (χ1v) is 13.8. The number of aliphatic hydroxyl groups is 1. The average Bonchev–Trinajstić information content (AvgIpc) is 3.43. The van der Waals surface area contributed by atoms with E-state index in [1.165, 1.54) is 28.6 Å². The highest BCUT2D eigenvalue weighted by molar-refractivity contribution is 6.35. The number of hydrogen-bond acceptors (Lipinski definition) is 5. The number of halogens is 2. The Morgan fingerprint density at radius 2 is 1.82 bits per heavy atom. The number of hydrogen-bond donors (Lipinski definition) is 2. The molecule has 1 unspecified atom stereocenters. The van der Waals surface area contributed by atoms with Crippen molar-refractivity contribution in [1.29, 1.82) is 0 Å². The molecule has 1 fully saturated rings. The molecule has 0 spiro atoms. The van der Waals surface area contributed by atoms with Gasteiger partial charge in [0.05, 0.1) is 6.54 Å². The second-order valence-corrected chi connectivity index (χ2v) is 11.0. The summed E-state index contributed by atoms with van der Waals surface area (Å²) in [5, 5.41) is 20.5. The van der Waals surface area contributed by atoms with Crippen molar-refractivity contribution in [3.63, 3.8) is 0 Å². The van der Waals surface area contributed by atoms with Crippen molar-refractivity contribution >= 4 is 23.2 Å². The summed E-state index contributed by atoms with van der Waals surface area (Å²) in [6.07, 6.45) is 5.07. The standard InChI is InChI=1S/C30H33Cl2N5O/c1-22-24(8-5-9-27(22)23-6-3-2-4-7-23)17-36-14-12-26(13-15-36)34-18-30(38,19-37-21-33-20-35-37)28-11-10-25(31)16-29(28)32/h2-11,16,20-21,26,34,38H,12-15,17-19H2,1H3. The van der Waals surface area contributed by atoms with Gasteiger partial charge in [-0.15, -0.1) is 0 Å². The van der Waals surface area contributed by atoms with Gasteiger partial charge < -0.3 is 10.4 Å². The molecule has 0 amide bonds. The van der Waals surface area contributed by atoms with E-state index in [1.54, 1.807) is 29.2 Å². The minimum atomic E-state index is -1.26. The van der Waals surface area contributed by atoms with E-state index >= 15 is 0 Å². The smallest absolute Gasteiger partial charge is 0.137 e. The van der Waals surface area contributed by atoms with Crippen molar-refractivity contribution in [2.24, 2.45) is 0 Å². The van der Waals surface area contributed by atoms with Crippen LogP contribution in [0.2, 0.25) is 10.0 Å². The van der Waals surface area contributed by atoms with E-state index in [-0.39, 0.29) is 6.54 Å². The highest BCUT2D eigenvalue weighted by Crippen LogP contribution is 2.32. The average molecular weight is 551 g/mol. The summed E-state index contributed by atoms with van der Waals surface area (Å²) in [6.45, 7) is 5.74. The van der Waals surface area contributed by atoms with Gasteiger partial charge in [-0.25, -0.2) is 9.67 Å². The fraction of sp³-hybridized carbons (Fsp3) is 0.333. The van der Waals surface area contributed by atoms with Crippen molar-refractivity contribution in [3.8, 4) is 11.1 Å². The topological polar surface area (TPSA) is 66.2 Å². The minimum Gasteiger partial charge on any atom is -0.382 e. The molecule has 0 radical (unpaired) electrons. The molecular formula is C30H33Cl2N5O. The number of piperidine rings is 1. The maximum absolute atomic E-state index is 11.8. The molecule has 1 atom stereocenters. The van der Waals surface area contributed by atoms with Crippen LogP contribution in [-0.4, -0.2) is 50.4 Å². The third-order valence-corrected chi connectivity index (χ3v) is 8.07. The Hall–Kier alpha value is -2.74. The van der Waals surface area contributed by atoms with E-state index in [0.29, 0.717) is 28.2 Å². The Morgan fingerprint density at radius 1 is 1.03 bits per heavy atom. The quantitative estimate of drug-likeness (QED) is 0.280. The zero-order valence-corrected chi connectivity index (χ0v) is 23.0. The molecule has 6 nitrogen and oxygen atoms in total. The lowest BCUT2D eigenvalue weighted by Gasteiger charge is -2.36. The van der Waals surface area contributed by atoms with Crippen molar-refractivity contribution in [1.82, 2.24) is 25.0 Å². The normalized spacial score (nSPS) is 16.4. The molecular weight excluding hydrogens is 517 g/mol. The fourth-order valence-corrected chi connectivity index (χ4v) is 5.90. The van der Waals surface area contributed by atoms with Gasteiger partial charge in [0.2, 0.25) is 0 Å². The van der Waals surface area contributed by atoms with Crippen LogP contribution in [0.15, 0.2) is 79.4 Å². The maximum Gasteiger partial charge on any atom is 0.137 e. The van der Waals surface area contributed by atoms with E-state index in [1.807, 2.05) is 0 Å². The first kappa shape index (κ1) is 26.9. The Kier molecular flexibility index (Phi) is 8.46. The fourth-order valence-electron chi connectivity index (χ4n) is 5.32. The molecule has 0 aliphatic carbocycles. The van der Waals surface area contributed by atoms with Gasteiger partial charge in [0.15, 0.2) is 0 Å². The predicted octanol–water partition coefficient (Wildman–Crippen LogP) is 5.70. The maximum atomic E-state index is 11.8. The zero-order valence-electron chi connectivity index (χ0n) is 21.5. The van der Waals surface area contributed by atoms with Gasteiger partial charge in [0.25, 0.3) is 0 Å². The molecule has 38 heavy (non-hydrogen) atoms. The zero-order chi connectivity index (χ0) is 26.5. The third-order valence-electron chi connectivity index (χ3n) is 7.52. The molecule has 1 aliphatic rings. The second-order valence-electron chi connectivity index (χ2n) is 10.1. The van der Waals surface area contributed by atoms with Crippen LogP contribution in [0.5, 0.6) is 0 Å². The van der Waals surface area contributed by atoms with Gasteiger partial charge in [-0.05, 0) is 67.2 Å². The van der Waals surface area contributed by atoms with Gasteiger partial charge in [0.1, 0.15) is 18.3 Å². The first-order chi connectivity index (χ1) is 18.4. The molecule has 4 aromatic rings. The summed E-state index contributed by atoms with van der Waals surface area (Å²) in [7, 11) is 0. The monoisotopic (exact) mass is 549 g/mol. The Labute approximate surface area is 234 Å². The first-order valence-electron chi connectivity index (χ1n) is 13.0. The van der Waals surface area contributed by atoms with Crippen molar-refractivity contribution in [2.75, 3.05) is 19.6 Å². The predicted molar refractivity (Wildman–Crippen MR) is 153 cm³/mol. The van der Waals surface area contributed by atoms with Crippen LogP contribution in [0.25, 0.3) is 11.1 Å². The molecule has 2 heterocycles. The molecule has 0 bridgehead atoms. The van der Waals surface area contributed by atoms with Crippen LogP contribution in [0.4, 0.5) is 0 Å².